The highest BCUT2D eigenvalue weighted by Crippen LogP contribution is 2.12. The van der Waals surface area contributed by atoms with Crippen molar-refractivity contribution in [3.63, 3.8) is 0 Å². The van der Waals surface area contributed by atoms with E-state index < -0.39 is 17.4 Å². The van der Waals surface area contributed by atoms with E-state index in [9.17, 15) is 9.59 Å². The molecule has 1 unspecified atom stereocenters. The summed E-state index contributed by atoms with van der Waals surface area (Å²) in [6, 6.07) is 0. The molecule has 7 nitrogen and oxygen atoms in total. The first-order valence-electron chi connectivity index (χ1n) is 5.51. The molecule has 3 N–H and O–H groups in total. The molecule has 1 amide bonds. The monoisotopic (exact) mass is 287 g/mol. The molecule has 1 atom stereocenters. The van der Waals surface area contributed by atoms with Crippen LogP contribution in [0, 0.1) is 0 Å². The quantitative estimate of drug-likeness (QED) is 0.709. The van der Waals surface area contributed by atoms with E-state index in [-0.39, 0.29) is 18.8 Å². The number of hydrogen-bond acceptors (Lipinski definition) is 7. The highest BCUT2D eigenvalue weighted by molar-refractivity contribution is 7.09. The number of esters is 1. The summed E-state index contributed by atoms with van der Waals surface area (Å²) in [6.07, 6.45) is 0. The summed E-state index contributed by atoms with van der Waals surface area (Å²) in [4.78, 5) is 27.8. The van der Waals surface area contributed by atoms with E-state index in [1.54, 1.807) is 5.38 Å². The number of carbonyl (C=O) groups excluding carboxylic acids is 2. The Morgan fingerprint density at radius 1 is 1.53 bits per heavy atom. The van der Waals surface area contributed by atoms with Crippen LogP contribution in [0.25, 0.3) is 0 Å². The van der Waals surface area contributed by atoms with Gasteiger partial charge in [0.05, 0.1) is 13.7 Å². The van der Waals surface area contributed by atoms with Crippen LogP contribution in [-0.2, 0) is 20.8 Å². The molecule has 106 valence electrons. The van der Waals surface area contributed by atoms with Gasteiger partial charge in [-0.3, -0.25) is 4.79 Å². The first kappa shape index (κ1) is 15.5. The highest BCUT2D eigenvalue weighted by Gasteiger charge is 2.37. The third-order valence-electron chi connectivity index (χ3n) is 2.42. The van der Waals surface area contributed by atoms with Crippen molar-refractivity contribution in [2.45, 2.75) is 19.0 Å². The molecule has 0 aliphatic carbocycles. The number of methoxy groups -OCH3 is 2. The zero-order valence-corrected chi connectivity index (χ0v) is 11.9. The predicted octanol–water partition coefficient (Wildman–Crippen LogP) is -0.0903. The topological polar surface area (TPSA) is 104 Å². The van der Waals surface area contributed by atoms with Gasteiger partial charge in [0.15, 0.2) is 5.54 Å². The first-order chi connectivity index (χ1) is 8.96. The summed E-state index contributed by atoms with van der Waals surface area (Å²) in [6.45, 7) is 1.79. The molecular weight excluding hydrogens is 270 g/mol. The zero-order valence-electron chi connectivity index (χ0n) is 11.1. The number of nitrogens with one attached hydrogen (secondary N) is 1. The lowest BCUT2D eigenvalue weighted by molar-refractivity contribution is -0.149. The van der Waals surface area contributed by atoms with Crippen LogP contribution in [0.1, 0.15) is 22.4 Å². The molecule has 0 bridgehead atoms. The molecule has 1 heterocycles. The average Bonchev–Trinajstić information content (AvgIpc) is 2.86. The molecule has 1 aromatic rings. The van der Waals surface area contributed by atoms with E-state index in [0.29, 0.717) is 5.01 Å². The van der Waals surface area contributed by atoms with Gasteiger partial charge in [0.2, 0.25) is 0 Å². The summed E-state index contributed by atoms with van der Waals surface area (Å²) in [7, 11) is 2.68. The second kappa shape index (κ2) is 6.60. The molecule has 0 aromatic carbocycles. The number of ether oxygens (including phenoxy) is 2. The Morgan fingerprint density at radius 3 is 2.68 bits per heavy atom. The van der Waals surface area contributed by atoms with Gasteiger partial charge in [-0.2, -0.15) is 0 Å². The van der Waals surface area contributed by atoms with Gasteiger partial charge in [0.1, 0.15) is 10.7 Å². The van der Waals surface area contributed by atoms with Gasteiger partial charge in [-0.1, -0.05) is 0 Å². The van der Waals surface area contributed by atoms with Crippen LogP contribution >= 0.6 is 11.3 Å². The lowest BCUT2D eigenvalue weighted by Crippen LogP contribution is -2.56. The molecule has 19 heavy (non-hydrogen) atoms. The van der Waals surface area contributed by atoms with E-state index in [0.717, 1.165) is 0 Å². The van der Waals surface area contributed by atoms with Crippen molar-refractivity contribution in [2.75, 3.05) is 20.8 Å². The van der Waals surface area contributed by atoms with Crippen LogP contribution in [-0.4, -0.2) is 43.2 Å². The predicted molar refractivity (Wildman–Crippen MR) is 69.8 cm³/mol. The first-order valence-corrected chi connectivity index (χ1v) is 6.39. The standard InChI is InChI=1S/C11H17N3O4S/c1-11(6-17-2,10(16)18-3)14-9(15)7-5-19-8(4-12)13-7/h5H,4,6,12H2,1-3H3,(H,14,15). The Kier molecular flexibility index (Phi) is 5.40. The van der Waals surface area contributed by atoms with Crippen molar-refractivity contribution in [1.29, 1.82) is 0 Å². The van der Waals surface area contributed by atoms with Crippen molar-refractivity contribution in [1.82, 2.24) is 10.3 Å². The van der Waals surface area contributed by atoms with E-state index >= 15 is 0 Å². The second-order valence-electron chi connectivity index (χ2n) is 4.04. The maximum atomic E-state index is 12.0. The molecule has 0 radical (unpaired) electrons. The third kappa shape index (κ3) is 3.72. The average molecular weight is 287 g/mol. The van der Waals surface area contributed by atoms with Crippen molar-refractivity contribution in [2.24, 2.45) is 5.73 Å². The SMILES string of the molecule is COCC(C)(NC(=O)c1csc(CN)n1)C(=O)OC. The van der Waals surface area contributed by atoms with E-state index in [1.807, 2.05) is 0 Å². The molecule has 1 aromatic heterocycles. The molecule has 0 aliphatic rings. The summed E-state index contributed by atoms with van der Waals surface area (Å²) in [5.41, 5.74) is 4.39. The molecule has 0 saturated heterocycles. The number of carbonyl (C=O) groups is 2. The molecule has 8 heteroatoms. The summed E-state index contributed by atoms with van der Waals surface area (Å²) in [5, 5.41) is 4.80. The number of rotatable bonds is 6. The van der Waals surface area contributed by atoms with Gasteiger partial charge in [0.25, 0.3) is 5.91 Å². The number of aromatic nitrogens is 1. The summed E-state index contributed by atoms with van der Waals surface area (Å²) in [5.74, 6) is -1.06. The van der Waals surface area contributed by atoms with Crippen LogP contribution in [0.15, 0.2) is 5.38 Å². The summed E-state index contributed by atoms with van der Waals surface area (Å²) < 4.78 is 9.60. The Balaban J connectivity index is 2.84. The van der Waals surface area contributed by atoms with E-state index in [1.165, 1.54) is 32.5 Å². The molecule has 0 spiro atoms. The second-order valence-corrected chi connectivity index (χ2v) is 4.98. The summed E-state index contributed by atoms with van der Waals surface area (Å²) >= 11 is 1.29. The van der Waals surface area contributed by atoms with Crippen molar-refractivity contribution >= 4 is 23.2 Å². The fourth-order valence-electron chi connectivity index (χ4n) is 1.48. The van der Waals surface area contributed by atoms with Gasteiger partial charge in [-0.05, 0) is 6.92 Å². The minimum Gasteiger partial charge on any atom is -0.467 e. The van der Waals surface area contributed by atoms with Gasteiger partial charge in [-0.15, -0.1) is 11.3 Å². The molecule has 0 aliphatic heterocycles. The number of hydrogen-bond donors (Lipinski definition) is 2. The fraction of sp³-hybridized carbons (Fsp3) is 0.545. The van der Waals surface area contributed by atoms with Crippen molar-refractivity contribution < 1.29 is 19.1 Å². The zero-order chi connectivity index (χ0) is 14.5. The number of nitrogens with two attached hydrogens (primary N) is 1. The van der Waals surface area contributed by atoms with Crippen LogP contribution < -0.4 is 11.1 Å². The van der Waals surface area contributed by atoms with Crippen LogP contribution in [0.5, 0.6) is 0 Å². The number of thiazole rings is 1. The largest absolute Gasteiger partial charge is 0.467 e. The lowest BCUT2D eigenvalue weighted by atomic mass is 10.0. The smallest absolute Gasteiger partial charge is 0.333 e. The third-order valence-corrected chi connectivity index (χ3v) is 3.29. The molecule has 1 rings (SSSR count). The Morgan fingerprint density at radius 2 is 2.21 bits per heavy atom. The molecule has 0 fully saturated rings. The van der Waals surface area contributed by atoms with Crippen LogP contribution in [0.4, 0.5) is 0 Å². The molecule has 0 saturated carbocycles. The van der Waals surface area contributed by atoms with Gasteiger partial charge in [0, 0.05) is 19.0 Å². The number of nitrogens with zero attached hydrogens (tertiary/aromatic N) is 1. The Labute approximate surface area is 115 Å². The maximum Gasteiger partial charge on any atom is 0.333 e. The highest BCUT2D eigenvalue weighted by atomic mass is 32.1. The minimum atomic E-state index is -1.26. The normalized spacial score (nSPS) is 13.7. The Hall–Kier alpha value is -1.51. The number of amides is 1. The minimum absolute atomic E-state index is 0.000698. The van der Waals surface area contributed by atoms with E-state index in [4.69, 9.17) is 10.5 Å². The van der Waals surface area contributed by atoms with E-state index in [2.05, 4.69) is 15.0 Å². The van der Waals surface area contributed by atoms with Crippen LogP contribution in [0.3, 0.4) is 0 Å². The molecular formula is C11H17N3O4S. The van der Waals surface area contributed by atoms with Gasteiger partial charge >= 0.3 is 5.97 Å². The van der Waals surface area contributed by atoms with Crippen LogP contribution in [0.2, 0.25) is 0 Å². The lowest BCUT2D eigenvalue weighted by Gasteiger charge is -2.26. The maximum absolute atomic E-state index is 12.0. The van der Waals surface area contributed by atoms with Gasteiger partial charge in [-0.25, -0.2) is 9.78 Å². The van der Waals surface area contributed by atoms with Crippen molar-refractivity contribution in [3.05, 3.63) is 16.1 Å². The van der Waals surface area contributed by atoms with Gasteiger partial charge < -0.3 is 20.5 Å². The fourth-order valence-corrected chi connectivity index (χ4v) is 2.14. The Bertz CT molecular complexity index is 463. The van der Waals surface area contributed by atoms with Crippen molar-refractivity contribution in [3.8, 4) is 0 Å².